The molecule has 1 heterocycles. The van der Waals surface area contributed by atoms with Crippen LogP contribution in [0.2, 0.25) is 0 Å². The van der Waals surface area contributed by atoms with Crippen LogP contribution in [0.5, 0.6) is 0 Å². The Labute approximate surface area is 144 Å². The number of carbonyl (C=O) groups excluding carboxylic acids is 2. The quantitative estimate of drug-likeness (QED) is 0.560. The van der Waals surface area contributed by atoms with Crippen LogP contribution in [0, 0.1) is 0 Å². The highest BCUT2D eigenvalue weighted by molar-refractivity contribution is 5.68. The maximum atomic E-state index is 12.1. The zero-order valence-corrected chi connectivity index (χ0v) is 14.4. The average Bonchev–Trinajstić information content (AvgIpc) is 3.08. The molecule has 24 heavy (non-hydrogen) atoms. The minimum absolute atomic E-state index is 0.185. The summed E-state index contributed by atoms with van der Waals surface area (Å²) in [5.74, 6) is 0. The molecule has 1 aromatic carbocycles. The molecule has 0 spiro atoms. The lowest BCUT2D eigenvalue weighted by Crippen LogP contribution is -2.35. The van der Waals surface area contributed by atoms with Crippen molar-refractivity contribution in [1.29, 1.82) is 0 Å². The third-order valence-corrected chi connectivity index (χ3v) is 3.76. The van der Waals surface area contributed by atoms with Crippen LogP contribution in [-0.4, -0.2) is 36.7 Å². The Bertz CT molecular complexity index is 489. The number of carbonyl (C=O) groups is 2. The fraction of sp³-hybridized carbons (Fsp3) is 0.474. The number of hydrogen-bond donors (Lipinski definition) is 0. The maximum Gasteiger partial charge on any atom is 0.410 e. The van der Waals surface area contributed by atoms with E-state index in [9.17, 15) is 9.59 Å². The van der Waals surface area contributed by atoms with Crippen molar-refractivity contribution in [3.8, 4) is 0 Å². The minimum atomic E-state index is -0.185. The highest BCUT2D eigenvalue weighted by Crippen LogP contribution is 2.22. The van der Waals surface area contributed by atoms with Gasteiger partial charge in [0.2, 0.25) is 0 Å². The van der Waals surface area contributed by atoms with Gasteiger partial charge in [0, 0.05) is 12.6 Å². The number of nitrogens with zero attached hydrogens (tertiary/aromatic N) is 1. The Hall–Kier alpha value is -2.30. The van der Waals surface area contributed by atoms with Crippen LogP contribution in [0.15, 0.2) is 43.0 Å². The third-order valence-electron chi connectivity index (χ3n) is 3.76. The van der Waals surface area contributed by atoms with E-state index in [4.69, 9.17) is 4.74 Å². The van der Waals surface area contributed by atoms with Crippen LogP contribution in [0.25, 0.3) is 0 Å². The van der Waals surface area contributed by atoms with E-state index in [1.54, 1.807) is 6.92 Å². The van der Waals surface area contributed by atoms with Gasteiger partial charge in [-0.1, -0.05) is 36.4 Å². The summed E-state index contributed by atoms with van der Waals surface area (Å²) >= 11 is 0. The van der Waals surface area contributed by atoms with Gasteiger partial charge >= 0.3 is 6.09 Å². The predicted molar refractivity (Wildman–Crippen MR) is 93.5 cm³/mol. The van der Waals surface area contributed by atoms with Crippen LogP contribution >= 0.6 is 0 Å². The van der Waals surface area contributed by atoms with E-state index in [1.165, 1.54) is 0 Å². The summed E-state index contributed by atoms with van der Waals surface area (Å²) in [5, 5.41) is 0. The summed E-state index contributed by atoms with van der Waals surface area (Å²) in [6.07, 6.45) is 5.81. The first kappa shape index (κ1) is 19.7. The summed E-state index contributed by atoms with van der Waals surface area (Å²) in [4.78, 5) is 23.1. The zero-order valence-electron chi connectivity index (χ0n) is 14.4. The van der Waals surface area contributed by atoms with Crippen LogP contribution in [-0.2, 0) is 20.9 Å². The van der Waals surface area contributed by atoms with Gasteiger partial charge in [0.05, 0.1) is 6.61 Å². The van der Waals surface area contributed by atoms with Crippen molar-refractivity contribution in [1.82, 2.24) is 4.90 Å². The van der Waals surface area contributed by atoms with Crippen molar-refractivity contribution in [2.24, 2.45) is 0 Å². The molecule has 1 aliphatic rings. The number of allylic oxidation sites excluding steroid dienone is 1. The lowest BCUT2D eigenvalue weighted by Gasteiger charge is -2.23. The molecule has 1 amide bonds. The molecule has 0 bridgehead atoms. The topological polar surface area (TPSA) is 55.8 Å². The second kappa shape index (κ2) is 12.2. The van der Waals surface area contributed by atoms with E-state index < -0.39 is 0 Å². The second-order valence-corrected chi connectivity index (χ2v) is 5.45. The van der Waals surface area contributed by atoms with Crippen molar-refractivity contribution < 1.29 is 19.1 Å². The average molecular weight is 333 g/mol. The summed E-state index contributed by atoms with van der Waals surface area (Å²) in [5.41, 5.74) is 1.03. The molecular weight excluding hydrogens is 306 g/mol. The van der Waals surface area contributed by atoms with E-state index in [0.717, 1.165) is 37.8 Å². The molecule has 0 radical (unpaired) electrons. The predicted octanol–water partition coefficient (Wildman–Crippen LogP) is 3.93. The van der Waals surface area contributed by atoms with Crippen molar-refractivity contribution in [2.75, 3.05) is 13.2 Å². The monoisotopic (exact) mass is 333 g/mol. The van der Waals surface area contributed by atoms with Crippen LogP contribution in [0.1, 0.15) is 38.2 Å². The lowest BCUT2D eigenvalue weighted by molar-refractivity contribution is -0.128. The van der Waals surface area contributed by atoms with E-state index in [1.807, 2.05) is 41.3 Å². The fourth-order valence-electron chi connectivity index (χ4n) is 2.56. The molecular formula is C19H27NO4. The van der Waals surface area contributed by atoms with E-state index in [-0.39, 0.29) is 6.09 Å². The Morgan fingerprint density at radius 1 is 1.38 bits per heavy atom. The summed E-state index contributed by atoms with van der Waals surface area (Å²) in [6, 6.07) is 10.1. The first-order chi connectivity index (χ1) is 11.7. The van der Waals surface area contributed by atoms with Crippen LogP contribution < -0.4 is 0 Å². The Morgan fingerprint density at radius 2 is 2.12 bits per heavy atom. The van der Waals surface area contributed by atoms with E-state index in [0.29, 0.717) is 25.7 Å². The zero-order chi connectivity index (χ0) is 17.6. The molecule has 0 unspecified atom stereocenters. The largest absolute Gasteiger partial charge is 0.468 e. The summed E-state index contributed by atoms with van der Waals surface area (Å²) < 4.78 is 9.54. The molecule has 5 nitrogen and oxygen atoms in total. The fourth-order valence-corrected chi connectivity index (χ4v) is 2.56. The minimum Gasteiger partial charge on any atom is -0.468 e. The number of benzene rings is 1. The number of likely N-dealkylation sites (tertiary alicyclic amines) is 1. The normalized spacial score (nSPS) is 15.9. The second-order valence-electron chi connectivity index (χ2n) is 5.45. The molecule has 1 aliphatic heterocycles. The molecule has 0 aliphatic carbocycles. The SMILES string of the molecule is C=CCC[C@@H]1CCCN1C(=O)OCc1ccccc1.CCOC=O. The van der Waals surface area contributed by atoms with E-state index in [2.05, 4.69) is 11.3 Å². The van der Waals surface area contributed by atoms with Gasteiger partial charge in [0.25, 0.3) is 6.47 Å². The standard InChI is InChI=1S/C16H21NO2.C3H6O2/c1-2-3-10-15-11-7-12-17(15)16(18)19-13-14-8-5-4-6-9-14;1-2-5-3-4/h2,4-6,8-9,15H,1,3,7,10-13H2;3H,2H2,1H3/t15-;/m1./s1. The van der Waals surface area contributed by atoms with Gasteiger partial charge < -0.3 is 14.4 Å². The summed E-state index contributed by atoms with van der Waals surface area (Å²) in [6.45, 7) is 7.56. The lowest BCUT2D eigenvalue weighted by atomic mass is 10.1. The third kappa shape index (κ3) is 7.31. The highest BCUT2D eigenvalue weighted by Gasteiger charge is 2.29. The number of rotatable bonds is 7. The first-order valence-electron chi connectivity index (χ1n) is 8.36. The van der Waals surface area contributed by atoms with E-state index >= 15 is 0 Å². The van der Waals surface area contributed by atoms with Crippen molar-refractivity contribution in [2.45, 2.75) is 45.3 Å². The van der Waals surface area contributed by atoms with Gasteiger partial charge in [-0.25, -0.2) is 4.79 Å². The molecule has 5 heteroatoms. The Kier molecular flexibility index (Phi) is 10.0. The molecule has 0 saturated carbocycles. The van der Waals surface area contributed by atoms with Gasteiger partial charge in [-0.2, -0.15) is 0 Å². The van der Waals surface area contributed by atoms with Crippen molar-refractivity contribution in [3.05, 3.63) is 48.6 Å². The molecule has 1 aromatic rings. The van der Waals surface area contributed by atoms with Crippen LogP contribution in [0.4, 0.5) is 4.79 Å². The van der Waals surface area contributed by atoms with Gasteiger partial charge in [-0.15, -0.1) is 6.58 Å². The van der Waals surface area contributed by atoms with Gasteiger partial charge in [-0.3, -0.25) is 4.79 Å². The van der Waals surface area contributed by atoms with Crippen molar-refractivity contribution >= 4 is 12.6 Å². The van der Waals surface area contributed by atoms with Gasteiger partial charge in [0.1, 0.15) is 6.61 Å². The van der Waals surface area contributed by atoms with Crippen molar-refractivity contribution in [3.63, 3.8) is 0 Å². The molecule has 2 rings (SSSR count). The summed E-state index contributed by atoms with van der Waals surface area (Å²) in [7, 11) is 0. The molecule has 1 fully saturated rings. The number of ether oxygens (including phenoxy) is 2. The maximum absolute atomic E-state index is 12.1. The molecule has 1 atom stereocenters. The van der Waals surface area contributed by atoms with Gasteiger partial charge in [0.15, 0.2) is 0 Å². The Morgan fingerprint density at radius 3 is 2.71 bits per heavy atom. The number of amides is 1. The Balaban J connectivity index is 0.000000505. The molecule has 0 aromatic heterocycles. The smallest absolute Gasteiger partial charge is 0.410 e. The first-order valence-corrected chi connectivity index (χ1v) is 8.36. The van der Waals surface area contributed by atoms with Crippen LogP contribution in [0.3, 0.4) is 0 Å². The highest BCUT2D eigenvalue weighted by atomic mass is 16.6. The molecule has 1 saturated heterocycles. The molecule has 0 N–H and O–H groups in total. The number of hydrogen-bond acceptors (Lipinski definition) is 4. The molecule has 132 valence electrons. The van der Waals surface area contributed by atoms with Gasteiger partial charge in [-0.05, 0) is 38.2 Å².